The van der Waals surface area contributed by atoms with Crippen LogP contribution < -0.4 is 0 Å². The van der Waals surface area contributed by atoms with Crippen LogP contribution in [0.4, 0.5) is 4.48 Å². The molecule has 0 aliphatic carbocycles. The summed E-state index contributed by atoms with van der Waals surface area (Å²) in [6.07, 6.45) is 8.90. The summed E-state index contributed by atoms with van der Waals surface area (Å²) in [6.45, 7) is 8.40. The fourth-order valence-corrected chi connectivity index (χ4v) is 3.95. The molecular formula is C21H29ClFN3OS. The molecule has 0 amide bonds. The fourth-order valence-electron chi connectivity index (χ4n) is 3.02. The van der Waals surface area contributed by atoms with E-state index in [1.165, 1.54) is 21.9 Å². The number of thiophene rings is 1. The number of hydrogen-bond donors (Lipinski definition) is 1. The van der Waals surface area contributed by atoms with Crippen LogP contribution in [-0.2, 0) is 4.74 Å². The first kappa shape index (κ1) is 22.7. The number of hydrogen-bond acceptors (Lipinski definition) is 5. The normalized spacial score (nSPS) is 16.6. The zero-order valence-electron chi connectivity index (χ0n) is 16.8. The van der Waals surface area contributed by atoms with Gasteiger partial charge in [-0.05, 0) is 63.3 Å². The summed E-state index contributed by atoms with van der Waals surface area (Å²) in [5.74, 6) is 0.525. The van der Waals surface area contributed by atoms with E-state index >= 15 is 0 Å². The Morgan fingerprint density at radius 3 is 2.64 bits per heavy atom. The van der Waals surface area contributed by atoms with E-state index in [9.17, 15) is 4.48 Å². The molecule has 0 radical (unpaired) electrons. The number of rotatable bonds is 9. The highest BCUT2D eigenvalue weighted by Gasteiger charge is 2.17. The van der Waals surface area contributed by atoms with Crippen LogP contribution in [0.3, 0.4) is 0 Å². The second-order valence-electron chi connectivity index (χ2n) is 7.04. The van der Waals surface area contributed by atoms with Crippen LogP contribution in [0.25, 0.3) is 5.57 Å². The number of nitrogens with one attached hydrogen (secondary N) is 1. The second kappa shape index (κ2) is 11.4. The lowest BCUT2D eigenvalue weighted by atomic mass is 10.00. The van der Waals surface area contributed by atoms with Crippen LogP contribution >= 0.6 is 22.9 Å². The van der Waals surface area contributed by atoms with E-state index < -0.39 is 0 Å². The smallest absolute Gasteiger partial charge is 0.120 e. The molecule has 0 unspecified atom stereocenters. The van der Waals surface area contributed by atoms with E-state index in [0.717, 1.165) is 38.2 Å². The van der Waals surface area contributed by atoms with Gasteiger partial charge in [-0.15, -0.1) is 11.3 Å². The quantitative estimate of drug-likeness (QED) is 0.391. The lowest BCUT2D eigenvalue weighted by molar-refractivity contribution is 0.0596. The standard InChI is InChI=1S/C21H29ClFN3OS/c1-16(20-7-6-18(3)28-20)13-25(15-19-8-11-27-12-9-19)14-17(2)26(23)10-4-5-21(22)24/h4-7,13-14,19,24H,8-12,15H2,1-3H3/b5-4-,16-13+,17-14+,24-21?. The van der Waals surface area contributed by atoms with Crippen LogP contribution in [0.2, 0.25) is 0 Å². The van der Waals surface area contributed by atoms with Crippen molar-refractivity contribution < 1.29 is 9.22 Å². The number of aryl methyl sites for hydroxylation is 1. The van der Waals surface area contributed by atoms with Crippen molar-refractivity contribution in [2.24, 2.45) is 5.92 Å². The highest BCUT2D eigenvalue weighted by Crippen LogP contribution is 2.25. The second-order valence-corrected chi connectivity index (χ2v) is 8.74. The number of halogens is 2. The van der Waals surface area contributed by atoms with Crippen molar-refractivity contribution in [1.82, 2.24) is 10.0 Å². The topological polar surface area (TPSA) is 39.6 Å². The summed E-state index contributed by atoms with van der Waals surface area (Å²) in [5, 5.41) is 7.71. The number of nitrogens with zero attached hydrogens (tertiary/aromatic N) is 2. The van der Waals surface area contributed by atoms with Gasteiger partial charge < -0.3 is 9.64 Å². The molecule has 0 saturated carbocycles. The lowest BCUT2D eigenvalue weighted by Crippen LogP contribution is -2.27. The maximum atomic E-state index is 14.4. The summed E-state index contributed by atoms with van der Waals surface area (Å²) >= 11 is 7.23. The molecule has 1 saturated heterocycles. The maximum Gasteiger partial charge on any atom is 0.120 e. The SMILES string of the molecule is C/C(=C\N(/C=C(\C)N(F)C/C=C\C(=N)Cl)CC1CCOCC1)c1ccc(C)s1. The number of allylic oxidation sites excluding steroid dienone is 3. The van der Waals surface area contributed by atoms with E-state index in [2.05, 4.69) is 37.1 Å². The Kier molecular flexibility index (Phi) is 9.22. The molecule has 1 fully saturated rings. The van der Waals surface area contributed by atoms with Gasteiger partial charge in [-0.2, -0.15) is 0 Å². The van der Waals surface area contributed by atoms with Gasteiger partial charge in [0, 0.05) is 41.9 Å². The highest BCUT2D eigenvalue weighted by molar-refractivity contribution is 7.13. The van der Waals surface area contributed by atoms with Crippen LogP contribution in [0, 0.1) is 18.3 Å². The molecule has 28 heavy (non-hydrogen) atoms. The van der Waals surface area contributed by atoms with E-state index in [4.69, 9.17) is 21.7 Å². The molecule has 1 aliphatic rings. The molecule has 1 aromatic heterocycles. The Bertz CT molecular complexity index is 738. The molecular weight excluding hydrogens is 397 g/mol. The predicted molar refractivity (Wildman–Crippen MR) is 117 cm³/mol. The van der Waals surface area contributed by atoms with Crippen molar-refractivity contribution >= 4 is 33.7 Å². The van der Waals surface area contributed by atoms with Gasteiger partial charge in [-0.3, -0.25) is 5.41 Å². The molecule has 0 aromatic carbocycles. The molecule has 154 valence electrons. The molecule has 0 bridgehead atoms. The third-order valence-electron chi connectivity index (χ3n) is 4.56. The molecule has 0 atom stereocenters. The highest BCUT2D eigenvalue weighted by atomic mass is 35.5. The molecule has 2 rings (SSSR count). The van der Waals surface area contributed by atoms with Crippen molar-refractivity contribution in [3.8, 4) is 0 Å². The van der Waals surface area contributed by atoms with E-state index in [1.54, 1.807) is 18.3 Å². The molecule has 1 N–H and O–H groups in total. The summed E-state index contributed by atoms with van der Waals surface area (Å²) in [5.41, 5.74) is 1.67. The van der Waals surface area contributed by atoms with Crippen molar-refractivity contribution in [3.63, 3.8) is 0 Å². The third kappa shape index (κ3) is 7.78. The first-order valence-corrected chi connectivity index (χ1v) is 10.7. The molecule has 1 aromatic rings. The van der Waals surface area contributed by atoms with Gasteiger partial charge in [-0.25, -0.2) is 5.12 Å². The van der Waals surface area contributed by atoms with Gasteiger partial charge in [0.25, 0.3) is 0 Å². The molecule has 7 heteroatoms. The summed E-state index contributed by atoms with van der Waals surface area (Å²) in [6, 6.07) is 4.24. The molecule has 4 nitrogen and oxygen atoms in total. The molecule has 0 spiro atoms. The van der Waals surface area contributed by atoms with Gasteiger partial charge in [0.15, 0.2) is 0 Å². The van der Waals surface area contributed by atoms with Crippen LogP contribution in [0.1, 0.15) is 36.4 Å². The van der Waals surface area contributed by atoms with Crippen molar-refractivity contribution in [3.05, 3.63) is 52.1 Å². The predicted octanol–water partition coefficient (Wildman–Crippen LogP) is 5.97. The van der Waals surface area contributed by atoms with Gasteiger partial charge in [0.1, 0.15) is 5.17 Å². The van der Waals surface area contributed by atoms with Gasteiger partial charge >= 0.3 is 0 Å². The number of ether oxygens (including phenoxy) is 1. The minimum absolute atomic E-state index is 0.0510. The van der Waals surface area contributed by atoms with Gasteiger partial charge in [-0.1, -0.05) is 22.2 Å². The summed E-state index contributed by atoms with van der Waals surface area (Å²) < 4.78 is 19.9. The van der Waals surface area contributed by atoms with Crippen molar-refractivity contribution in [2.45, 2.75) is 33.6 Å². The Labute approximate surface area is 176 Å². The molecule has 2 heterocycles. The van der Waals surface area contributed by atoms with Crippen molar-refractivity contribution in [1.29, 1.82) is 5.41 Å². The first-order valence-electron chi connectivity index (χ1n) is 9.46. The minimum atomic E-state index is -0.110. The first-order chi connectivity index (χ1) is 13.3. The Morgan fingerprint density at radius 2 is 2.04 bits per heavy atom. The minimum Gasteiger partial charge on any atom is -0.381 e. The molecule has 1 aliphatic heterocycles. The Morgan fingerprint density at radius 1 is 1.32 bits per heavy atom. The lowest BCUT2D eigenvalue weighted by Gasteiger charge is -2.28. The van der Waals surface area contributed by atoms with Crippen LogP contribution in [0.5, 0.6) is 0 Å². The summed E-state index contributed by atoms with van der Waals surface area (Å²) in [4.78, 5) is 4.59. The van der Waals surface area contributed by atoms with Gasteiger partial charge in [0.05, 0.1) is 12.2 Å². The average Bonchev–Trinajstić information content (AvgIpc) is 3.08. The van der Waals surface area contributed by atoms with Crippen molar-refractivity contribution in [2.75, 3.05) is 26.3 Å². The van der Waals surface area contributed by atoms with Crippen LogP contribution in [-0.4, -0.2) is 41.5 Å². The fraction of sp³-hybridized carbons (Fsp3) is 0.476. The zero-order chi connectivity index (χ0) is 20.5. The van der Waals surface area contributed by atoms with Gasteiger partial charge in [0.2, 0.25) is 0 Å². The largest absolute Gasteiger partial charge is 0.381 e. The Hall–Kier alpha value is -1.63. The Balaban J connectivity index is 2.15. The van der Waals surface area contributed by atoms with Crippen LogP contribution in [0.15, 0.2) is 42.4 Å². The monoisotopic (exact) mass is 425 g/mol. The average molecular weight is 426 g/mol. The van der Waals surface area contributed by atoms with E-state index in [0.29, 0.717) is 16.7 Å². The summed E-state index contributed by atoms with van der Waals surface area (Å²) in [7, 11) is 0. The van der Waals surface area contributed by atoms with E-state index in [-0.39, 0.29) is 11.7 Å². The maximum absolute atomic E-state index is 14.4. The van der Waals surface area contributed by atoms with E-state index in [1.807, 2.05) is 6.20 Å². The zero-order valence-corrected chi connectivity index (χ0v) is 18.3. The third-order valence-corrected chi connectivity index (χ3v) is 5.83.